The predicted molar refractivity (Wildman–Crippen MR) is 126 cm³/mol. The number of hydrogen-bond donors (Lipinski definition) is 2. The van der Waals surface area contributed by atoms with Crippen LogP contribution in [-0.2, 0) is 0 Å². The fourth-order valence-electron chi connectivity index (χ4n) is 3.70. The van der Waals surface area contributed by atoms with Gasteiger partial charge in [0.1, 0.15) is 0 Å². The van der Waals surface area contributed by atoms with Crippen molar-refractivity contribution in [2.45, 2.75) is 19.3 Å². The molecule has 0 atom stereocenters. The number of benzene rings is 4. The Morgan fingerprint density at radius 3 is 1.39 bits per heavy atom. The second-order valence-electron chi connectivity index (χ2n) is 7.70. The van der Waals surface area contributed by atoms with Crippen LogP contribution in [0.5, 0.6) is 0 Å². The van der Waals surface area contributed by atoms with Gasteiger partial charge in [-0.25, -0.2) is 0 Å². The fourth-order valence-corrected chi connectivity index (χ4v) is 3.70. The first-order valence-corrected chi connectivity index (χ1v) is 10.7. The van der Waals surface area contributed by atoms with E-state index in [-0.39, 0.29) is 11.8 Å². The summed E-state index contributed by atoms with van der Waals surface area (Å²) in [5.41, 5.74) is 1.36. The Kier molecular flexibility index (Phi) is 6.58. The van der Waals surface area contributed by atoms with Gasteiger partial charge in [-0.1, -0.05) is 60.7 Å². The summed E-state index contributed by atoms with van der Waals surface area (Å²) in [6.07, 6.45) is 2.70. The van der Waals surface area contributed by atoms with Crippen molar-refractivity contribution in [1.82, 2.24) is 10.6 Å². The highest BCUT2D eigenvalue weighted by Gasteiger charge is 2.07. The zero-order chi connectivity index (χ0) is 21.5. The molecule has 4 heteroatoms. The van der Waals surface area contributed by atoms with Gasteiger partial charge in [-0.15, -0.1) is 0 Å². The van der Waals surface area contributed by atoms with E-state index in [1.165, 1.54) is 0 Å². The smallest absolute Gasteiger partial charge is 0.251 e. The van der Waals surface area contributed by atoms with Crippen LogP contribution in [0, 0.1) is 0 Å². The summed E-state index contributed by atoms with van der Waals surface area (Å²) in [4.78, 5) is 24.7. The summed E-state index contributed by atoms with van der Waals surface area (Å²) in [6, 6.07) is 27.6. The molecule has 4 nitrogen and oxygen atoms in total. The van der Waals surface area contributed by atoms with E-state index in [1.54, 1.807) is 0 Å². The van der Waals surface area contributed by atoms with Gasteiger partial charge < -0.3 is 10.6 Å². The summed E-state index contributed by atoms with van der Waals surface area (Å²) in [5.74, 6) is -0.0919. The second-order valence-corrected chi connectivity index (χ2v) is 7.70. The SMILES string of the molecule is O=C(NCCCCCNC(=O)c1ccc2ccccc2c1)c1ccc2ccccc2c1. The molecular weight excluding hydrogens is 384 g/mol. The maximum absolute atomic E-state index is 12.3. The molecule has 0 aliphatic rings. The van der Waals surface area contributed by atoms with E-state index in [2.05, 4.69) is 10.6 Å². The van der Waals surface area contributed by atoms with Gasteiger partial charge >= 0.3 is 0 Å². The van der Waals surface area contributed by atoms with E-state index >= 15 is 0 Å². The predicted octanol–water partition coefficient (Wildman–Crippen LogP) is 5.32. The van der Waals surface area contributed by atoms with Crippen LogP contribution < -0.4 is 10.6 Å². The third-order valence-electron chi connectivity index (χ3n) is 5.45. The number of fused-ring (bicyclic) bond motifs is 2. The largest absolute Gasteiger partial charge is 0.352 e. The summed E-state index contributed by atoms with van der Waals surface area (Å²) in [6.45, 7) is 1.26. The number of amides is 2. The number of unbranched alkanes of at least 4 members (excludes halogenated alkanes) is 2. The van der Waals surface area contributed by atoms with Crippen molar-refractivity contribution in [1.29, 1.82) is 0 Å². The summed E-state index contributed by atoms with van der Waals surface area (Å²) in [5, 5.41) is 10.4. The first-order chi connectivity index (χ1) is 15.2. The van der Waals surface area contributed by atoms with E-state index in [0.29, 0.717) is 24.2 Å². The normalized spacial score (nSPS) is 10.8. The third-order valence-corrected chi connectivity index (χ3v) is 5.45. The maximum atomic E-state index is 12.3. The maximum Gasteiger partial charge on any atom is 0.251 e. The minimum Gasteiger partial charge on any atom is -0.352 e. The van der Waals surface area contributed by atoms with E-state index in [0.717, 1.165) is 40.8 Å². The van der Waals surface area contributed by atoms with E-state index in [9.17, 15) is 9.59 Å². The highest BCUT2D eigenvalue weighted by molar-refractivity contribution is 5.99. The van der Waals surface area contributed by atoms with Crippen molar-refractivity contribution < 1.29 is 9.59 Å². The molecule has 0 fully saturated rings. The van der Waals surface area contributed by atoms with Gasteiger partial charge in [-0.3, -0.25) is 9.59 Å². The first-order valence-electron chi connectivity index (χ1n) is 10.7. The van der Waals surface area contributed by atoms with Crippen LogP contribution in [0.15, 0.2) is 84.9 Å². The van der Waals surface area contributed by atoms with E-state index in [4.69, 9.17) is 0 Å². The zero-order valence-electron chi connectivity index (χ0n) is 17.4. The van der Waals surface area contributed by atoms with Crippen molar-refractivity contribution in [3.8, 4) is 0 Å². The van der Waals surface area contributed by atoms with Crippen LogP contribution in [0.4, 0.5) is 0 Å². The van der Waals surface area contributed by atoms with Gasteiger partial charge in [0, 0.05) is 24.2 Å². The lowest BCUT2D eigenvalue weighted by Crippen LogP contribution is -2.26. The average molecular weight is 411 g/mol. The van der Waals surface area contributed by atoms with Gasteiger partial charge in [0.15, 0.2) is 0 Å². The van der Waals surface area contributed by atoms with Gasteiger partial charge in [0.05, 0.1) is 0 Å². The van der Waals surface area contributed by atoms with Crippen molar-refractivity contribution in [3.05, 3.63) is 96.1 Å². The van der Waals surface area contributed by atoms with Crippen LogP contribution in [0.25, 0.3) is 21.5 Å². The van der Waals surface area contributed by atoms with Crippen molar-refractivity contribution in [3.63, 3.8) is 0 Å². The molecule has 0 aliphatic heterocycles. The van der Waals surface area contributed by atoms with Crippen LogP contribution in [-0.4, -0.2) is 24.9 Å². The van der Waals surface area contributed by atoms with Crippen LogP contribution >= 0.6 is 0 Å². The van der Waals surface area contributed by atoms with Crippen LogP contribution in [0.2, 0.25) is 0 Å². The lowest BCUT2D eigenvalue weighted by atomic mass is 10.1. The minimum atomic E-state index is -0.0460. The Labute approximate surface area is 182 Å². The Bertz CT molecular complexity index is 1120. The topological polar surface area (TPSA) is 58.2 Å². The van der Waals surface area contributed by atoms with Crippen molar-refractivity contribution in [2.75, 3.05) is 13.1 Å². The third kappa shape index (κ3) is 5.28. The molecule has 0 heterocycles. The minimum absolute atomic E-state index is 0.0460. The van der Waals surface area contributed by atoms with Gasteiger partial charge in [0.25, 0.3) is 11.8 Å². The Hall–Kier alpha value is -3.66. The Morgan fingerprint density at radius 2 is 0.935 bits per heavy atom. The van der Waals surface area contributed by atoms with E-state index in [1.807, 2.05) is 84.9 Å². The molecule has 4 aromatic rings. The Morgan fingerprint density at radius 1 is 0.516 bits per heavy atom. The molecule has 0 aliphatic carbocycles. The monoisotopic (exact) mass is 410 g/mol. The number of carbonyl (C=O) groups excluding carboxylic acids is 2. The molecule has 2 N–H and O–H groups in total. The Balaban J connectivity index is 1.15. The molecule has 0 saturated carbocycles. The standard InChI is InChI=1S/C27H26N2O2/c30-26(24-14-12-20-8-2-4-10-22(20)18-24)28-16-6-1-7-17-29-27(31)25-15-13-21-9-3-5-11-23(21)19-25/h2-5,8-15,18-19H,1,6-7,16-17H2,(H,28,30)(H,29,31). The van der Waals surface area contributed by atoms with E-state index < -0.39 is 0 Å². The molecule has 4 aromatic carbocycles. The van der Waals surface area contributed by atoms with Gasteiger partial charge in [-0.2, -0.15) is 0 Å². The van der Waals surface area contributed by atoms with Gasteiger partial charge in [-0.05, 0) is 65.1 Å². The van der Waals surface area contributed by atoms with Crippen LogP contribution in [0.3, 0.4) is 0 Å². The highest BCUT2D eigenvalue weighted by atomic mass is 16.2. The average Bonchev–Trinajstić information content (AvgIpc) is 2.82. The lowest BCUT2D eigenvalue weighted by Gasteiger charge is -2.08. The second kappa shape index (κ2) is 9.90. The summed E-state index contributed by atoms with van der Waals surface area (Å²) >= 11 is 0. The molecule has 0 aromatic heterocycles. The number of nitrogens with one attached hydrogen (secondary N) is 2. The number of carbonyl (C=O) groups is 2. The zero-order valence-corrected chi connectivity index (χ0v) is 17.4. The molecule has 0 unspecified atom stereocenters. The molecule has 4 rings (SSSR count). The van der Waals surface area contributed by atoms with Crippen molar-refractivity contribution in [2.24, 2.45) is 0 Å². The van der Waals surface area contributed by atoms with Gasteiger partial charge in [0.2, 0.25) is 0 Å². The summed E-state index contributed by atoms with van der Waals surface area (Å²) in [7, 11) is 0. The molecule has 2 amide bonds. The summed E-state index contributed by atoms with van der Waals surface area (Å²) < 4.78 is 0. The molecule has 0 saturated heterocycles. The highest BCUT2D eigenvalue weighted by Crippen LogP contribution is 2.16. The first kappa shape index (κ1) is 20.6. The molecule has 0 spiro atoms. The fraction of sp³-hybridized carbons (Fsp3) is 0.185. The van der Waals surface area contributed by atoms with Crippen LogP contribution in [0.1, 0.15) is 40.0 Å². The molecule has 31 heavy (non-hydrogen) atoms. The number of hydrogen-bond acceptors (Lipinski definition) is 2. The quantitative estimate of drug-likeness (QED) is 0.386. The van der Waals surface area contributed by atoms with Crippen molar-refractivity contribution >= 4 is 33.4 Å². The number of rotatable bonds is 8. The molecule has 156 valence electrons. The molecule has 0 bridgehead atoms. The molecular formula is C27H26N2O2. The lowest BCUT2D eigenvalue weighted by molar-refractivity contribution is 0.0947. The molecule has 0 radical (unpaired) electrons.